The fourth-order valence-corrected chi connectivity index (χ4v) is 2.53. The highest BCUT2D eigenvalue weighted by Crippen LogP contribution is 2.25. The van der Waals surface area contributed by atoms with E-state index in [1.54, 1.807) is 0 Å². The van der Waals surface area contributed by atoms with Gasteiger partial charge in [-0.05, 0) is 28.5 Å². The minimum absolute atomic E-state index is 0.220. The van der Waals surface area contributed by atoms with Gasteiger partial charge in [0.15, 0.2) is 0 Å². The Balaban J connectivity index is 1.86. The maximum atomic E-state index is 5.90. The molecular formula is C19H32N2O. The number of anilines is 1. The number of nitrogens with zero attached hydrogens (tertiary/aromatic N) is 2. The van der Waals surface area contributed by atoms with Crippen molar-refractivity contribution in [2.45, 2.75) is 47.0 Å². The molecule has 1 aromatic carbocycles. The van der Waals surface area contributed by atoms with E-state index in [0.29, 0.717) is 0 Å². The number of hydroxylamine groups is 2. The molecule has 0 aromatic heterocycles. The smallest absolute Gasteiger partial charge is 0.0733 e. The molecule has 0 N–H and O–H groups in total. The summed E-state index contributed by atoms with van der Waals surface area (Å²) in [6, 6.07) is 9.04. The molecule has 0 amide bonds. The molecule has 0 saturated carbocycles. The van der Waals surface area contributed by atoms with Crippen LogP contribution in [0.4, 0.5) is 5.69 Å². The van der Waals surface area contributed by atoms with Gasteiger partial charge >= 0.3 is 0 Å². The molecule has 0 atom stereocenters. The Bertz CT molecular complexity index is 460. The minimum Gasteiger partial charge on any atom is -0.369 e. The summed E-state index contributed by atoms with van der Waals surface area (Å²) in [4.78, 5) is 8.35. The average molecular weight is 304 g/mol. The Hall–Kier alpha value is -1.06. The zero-order valence-electron chi connectivity index (χ0n) is 15.1. The van der Waals surface area contributed by atoms with Crippen molar-refractivity contribution in [1.82, 2.24) is 5.06 Å². The Labute approximate surface area is 136 Å². The van der Waals surface area contributed by atoms with Gasteiger partial charge in [-0.15, -0.1) is 0 Å². The molecule has 1 fully saturated rings. The van der Waals surface area contributed by atoms with Crippen LogP contribution in [0.5, 0.6) is 0 Å². The highest BCUT2D eigenvalue weighted by atomic mass is 16.7. The Morgan fingerprint density at radius 1 is 0.864 bits per heavy atom. The Morgan fingerprint density at radius 2 is 1.41 bits per heavy atom. The van der Waals surface area contributed by atoms with E-state index in [1.807, 2.05) is 0 Å². The lowest BCUT2D eigenvalue weighted by atomic mass is 9.87. The third kappa shape index (κ3) is 4.99. The molecule has 0 unspecified atom stereocenters. The van der Waals surface area contributed by atoms with E-state index in [2.05, 4.69) is 75.8 Å². The van der Waals surface area contributed by atoms with Crippen LogP contribution in [0.3, 0.4) is 0 Å². The summed E-state index contributed by atoms with van der Waals surface area (Å²) in [5.74, 6) is 0. The summed E-state index contributed by atoms with van der Waals surface area (Å²) in [7, 11) is 0. The highest BCUT2D eigenvalue weighted by Gasteiger charge is 2.20. The molecule has 124 valence electrons. The standard InChI is InChI=1S/C19H32N2O/c1-18(2,3)15-22-21-13-11-20(12-14-21)17-9-7-16(8-10-17)19(4,5)6/h7-10H,11-15H2,1-6H3. The van der Waals surface area contributed by atoms with Crippen molar-refractivity contribution in [2.24, 2.45) is 5.41 Å². The molecule has 1 saturated heterocycles. The van der Waals surface area contributed by atoms with Crippen LogP contribution >= 0.6 is 0 Å². The van der Waals surface area contributed by atoms with E-state index < -0.39 is 0 Å². The highest BCUT2D eigenvalue weighted by molar-refractivity contribution is 5.49. The molecule has 0 spiro atoms. The van der Waals surface area contributed by atoms with Crippen molar-refractivity contribution in [3.05, 3.63) is 29.8 Å². The van der Waals surface area contributed by atoms with Crippen LogP contribution in [0.25, 0.3) is 0 Å². The molecule has 0 aliphatic carbocycles. The third-order valence-electron chi connectivity index (χ3n) is 4.02. The number of piperazine rings is 1. The second kappa shape index (κ2) is 6.59. The lowest BCUT2D eigenvalue weighted by Crippen LogP contribution is -2.47. The summed E-state index contributed by atoms with van der Waals surface area (Å²) in [6.45, 7) is 18.2. The molecule has 1 aliphatic rings. The average Bonchev–Trinajstić information content (AvgIpc) is 2.44. The van der Waals surface area contributed by atoms with E-state index >= 15 is 0 Å². The van der Waals surface area contributed by atoms with Crippen molar-refractivity contribution in [2.75, 3.05) is 37.7 Å². The second-order valence-electron chi connectivity index (χ2n) is 8.55. The topological polar surface area (TPSA) is 15.7 Å². The molecule has 0 radical (unpaired) electrons. The van der Waals surface area contributed by atoms with Crippen LogP contribution in [-0.4, -0.2) is 37.8 Å². The van der Waals surface area contributed by atoms with Crippen molar-refractivity contribution in [3.63, 3.8) is 0 Å². The summed E-state index contributed by atoms with van der Waals surface area (Å²) in [5, 5.41) is 2.12. The molecule has 1 heterocycles. The van der Waals surface area contributed by atoms with E-state index in [-0.39, 0.29) is 10.8 Å². The molecule has 22 heavy (non-hydrogen) atoms. The maximum absolute atomic E-state index is 5.90. The summed E-state index contributed by atoms with van der Waals surface area (Å²) in [5.41, 5.74) is 3.16. The predicted octanol–water partition coefficient (Wildman–Crippen LogP) is 4.08. The van der Waals surface area contributed by atoms with Crippen LogP contribution in [0.1, 0.15) is 47.1 Å². The van der Waals surface area contributed by atoms with Crippen LogP contribution in [0, 0.1) is 5.41 Å². The van der Waals surface area contributed by atoms with Crippen LogP contribution in [0.2, 0.25) is 0 Å². The number of hydrogen-bond acceptors (Lipinski definition) is 3. The van der Waals surface area contributed by atoms with E-state index in [9.17, 15) is 0 Å². The van der Waals surface area contributed by atoms with Crippen molar-refractivity contribution in [3.8, 4) is 0 Å². The predicted molar refractivity (Wildman–Crippen MR) is 94.3 cm³/mol. The number of rotatable bonds is 3. The molecule has 1 aliphatic heterocycles. The van der Waals surface area contributed by atoms with E-state index in [4.69, 9.17) is 4.84 Å². The largest absolute Gasteiger partial charge is 0.369 e. The van der Waals surface area contributed by atoms with Gasteiger partial charge in [0, 0.05) is 31.9 Å². The first kappa shape index (κ1) is 17.3. The molecular weight excluding hydrogens is 272 g/mol. The lowest BCUT2D eigenvalue weighted by Gasteiger charge is -2.36. The van der Waals surface area contributed by atoms with Gasteiger partial charge in [-0.3, -0.25) is 4.84 Å². The number of hydrogen-bond donors (Lipinski definition) is 0. The summed E-state index contributed by atoms with van der Waals surface area (Å²) >= 11 is 0. The van der Waals surface area contributed by atoms with Gasteiger partial charge < -0.3 is 4.90 Å². The van der Waals surface area contributed by atoms with Crippen molar-refractivity contribution in [1.29, 1.82) is 0 Å². The molecule has 0 bridgehead atoms. The van der Waals surface area contributed by atoms with Gasteiger partial charge in [-0.2, -0.15) is 5.06 Å². The van der Waals surface area contributed by atoms with Gasteiger partial charge in [-0.25, -0.2) is 0 Å². The second-order valence-corrected chi connectivity index (χ2v) is 8.55. The summed E-state index contributed by atoms with van der Waals surface area (Å²) in [6.07, 6.45) is 0. The SMILES string of the molecule is CC(C)(C)CON1CCN(c2ccc(C(C)(C)C)cc2)CC1. The zero-order chi connectivity index (χ0) is 16.4. The summed E-state index contributed by atoms with van der Waals surface area (Å²) < 4.78 is 0. The molecule has 3 heteroatoms. The number of benzene rings is 1. The molecule has 1 aromatic rings. The van der Waals surface area contributed by atoms with E-state index in [0.717, 1.165) is 32.8 Å². The van der Waals surface area contributed by atoms with Crippen LogP contribution < -0.4 is 4.90 Å². The van der Waals surface area contributed by atoms with Gasteiger partial charge in [0.1, 0.15) is 0 Å². The van der Waals surface area contributed by atoms with Crippen LogP contribution in [-0.2, 0) is 10.3 Å². The maximum Gasteiger partial charge on any atom is 0.0733 e. The van der Waals surface area contributed by atoms with Gasteiger partial charge in [0.05, 0.1) is 6.61 Å². The quantitative estimate of drug-likeness (QED) is 0.836. The van der Waals surface area contributed by atoms with Gasteiger partial charge in [0.25, 0.3) is 0 Å². The fraction of sp³-hybridized carbons (Fsp3) is 0.684. The molecule has 3 nitrogen and oxygen atoms in total. The van der Waals surface area contributed by atoms with Crippen LogP contribution in [0.15, 0.2) is 24.3 Å². The Morgan fingerprint density at radius 3 is 1.86 bits per heavy atom. The lowest BCUT2D eigenvalue weighted by molar-refractivity contribution is -0.180. The van der Waals surface area contributed by atoms with Gasteiger partial charge in [-0.1, -0.05) is 53.7 Å². The van der Waals surface area contributed by atoms with Gasteiger partial charge in [0.2, 0.25) is 0 Å². The normalized spacial score (nSPS) is 17.8. The monoisotopic (exact) mass is 304 g/mol. The van der Waals surface area contributed by atoms with E-state index in [1.165, 1.54) is 11.3 Å². The third-order valence-corrected chi connectivity index (χ3v) is 4.02. The molecule has 2 rings (SSSR count). The Kier molecular flexibility index (Phi) is 5.18. The minimum atomic E-state index is 0.220. The zero-order valence-corrected chi connectivity index (χ0v) is 15.1. The van der Waals surface area contributed by atoms with Crippen molar-refractivity contribution >= 4 is 5.69 Å². The fourth-order valence-electron chi connectivity index (χ4n) is 2.53. The first-order chi connectivity index (χ1) is 10.1. The van der Waals surface area contributed by atoms with Crippen molar-refractivity contribution < 1.29 is 4.84 Å². The first-order valence-electron chi connectivity index (χ1n) is 8.38. The first-order valence-corrected chi connectivity index (χ1v) is 8.38.